The quantitative estimate of drug-likeness (QED) is 0.621. The molecule has 0 fully saturated rings. The largest absolute Gasteiger partial charge is 0.389 e. The van der Waals surface area contributed by atoms with E-state index in [-0.39, 0.29) is 6.10 Å². The molecule has 0 bridgehead atoms. The van der Waals surface area contributed by atoms with Crippen LogP contribution >= 0.6 is 0 Å². The van der Waals surface area contributed by atoms with Crippen molar-refractivity contribution in [3.8, 4) is 0 Å². The molecule has 2 unspecified atom stereocenters. The summed E-state index contributed by atoms with van der Waals surface area (Å²) in [5, 5.41) is 9.31. The normalized spacial score (nSPS) is 24.9. The molecule has 0 amide bonds. The van der Waals surface area contributed by atoms with Gasteiger partial charge in [0.15, 0.2) is 0 Å². The molecule has 0 spiro atoms. The average molecular weight is 164 g/mol. The van der Waals surface area contributed by atoms with Gasteiger partial charge in [0.05, 0.1) is 6.10 Å². The molecule has 0 saturated carbocycles. The summed E-state index contributed by atoms with van der Waals surface area (Å²) in [6.07, 6.45) is 7.88. The third kappa shape index (κ3) is 2.37. The molecular weight excluding hydrogens is 148 g/mol. The highest BCUT2D eigenvalue weighted by Gasteiger charge is 2.05. The molecule has 12 heavy (non-hydrogen) atoms. The number of hydrogen-bond acceptors (Lipinski definition) is 1. The molecule has 0 saturated heterocycles. The van der Waals surface area contributed by atoms with Crippen molar-refractivity contribution in [2.24, 2.45) is 5.92 Å². The zero-order valence-electron chi connectivity index (χ0n) is 7.75. The summed E-state index contributed by atoms with van der Waals surface area (Å²) in [6.45, 7) is 3.96. The predicted molar refractivity (Wildman–Crippen MR) is 50.8 cm³/mol. The first-order chi connectivity index (χ1) is 5.74. The van der Waals surface area contributed by atoms with Gasteiger partial charge in [0.1, 0.15) is 0 Å². The summed E-state index contributed by atoms with van der Waals surface area (Å²) < 4.78 is 0. The van der Waals surface area contributed by atoms with Crippen LogP contribution in [0.5, 0.6) is 0 Å². The molecule has 0 aromatic rings. The standard InChI is InChI=1S/C11H16O/c1-3-10-5-4-6-11(8-7-10)9(2)12/h5-6,8-10,12H,3,7H2,1-2H3. The third-order valence-corrected chi connectivity index (χ3v) is 2.25. The second-order valence-corrected chi connectivity index (χ2v) is 3.26. The number of allylic oxidation sites excluding steroid dienone is 1. The zero-order chi connectivity index (χ0) is 8.97. The van der Waals surface area contributed by atoms with E-state index in [1.165, 1.54) is 0 Å². The molecule has 1 aliphatic rings. The summed E-state index contributed by atoms with van der Waals surface area (Å²) in [6, 6.07) is 0. The minimum absolute atomic E-state index is 0.360. The van der Waals surface area contributed by atoms with Gasteiger partial charge < -0.3 is 5.11 Å². The number of aliphatic hydroxyl groups is 1. The third-order valence-electron chi connectivity index (χ3n) is 2.25. The minimum atomic E-state index is -0.360. The van der Waals surface area contributed by atoms with Crippen LogP contribution in [0.2, 0.25) is 0 Å². The molecule has 0 aromatic carbocycles. The lowest BCUT2D eigenvalue weighted by Crippen LogP contribution is -2.01. The highest BCUT2D eigenvalue weighted by Crippen LogP contribution is 2.16. The Balaban J connectivity index is 2.73. The van der Waals surface area contributed by atoms with Crippen LogP contribution in [0.1, 0.15) is 26.7 Å². The van der Waals surface area contributed by atoms with E-state index >= 15 is 0 Å². The van der Waals surface area contributed by atoms with Crippen LogP contribution in [-0.2, 0) is 0 Å². The van der Waals surface area contributed by atoms with Crippen LogP contribution in [0.3, 0.4) is 0 Å². The van der Waals surface area contributed by atoms with Crippen LogP contribution in [0.4, 0.5) is 0 Å². The lowest BCUT2D eigenvalue weighted by Gasteiger charge is -2.05. The molecule has 1 rings (SSSR count). The molecule has 2 atom stereocenters. The fourth-order valence-electron chi connectivity index (χ4n) is 1.27. The summed E-state index contributed by atoms with van der Waals surface area (Å²) in [4.78, 5) is 0. The summed E-state index contributed by atoms with van der Waals surface area (Å²) in [5.41, 5.74) is 4.09. The summed E-state index contributed by atoms with van der Waals surface area (Å²) >= 11 is 0. The van der Waals surface area contributed by atoms with Gasteiger partial charge in [0.2, 0.25) is 0 Å². The Morgan fingerprint density at radius 3 is 3.08 bits per heavy atom. The van der Waals surface area contributed by atoms with Crippen molar-refractivity contribution in [3.05, 3.63) is 29.5 Å². The number of hydrogen-bond donors (Lipinski definition) is 1. The van der Waals surface area contributed by atoms with Gasteiger partial charge in [-0.2, -0.15) is 0 Å². The van der Waals surface area contributed by atoms with Crippen LogP contribution < -0.4 is 0 Å². The van der Waals surface area contributed by atoms with Crippen molar-refractivity contribution in [2.45, 2.75) is 32.8 Å². The SMILES string of the molecule is CCC1C=C=CC(C(C)O)=CC1. The van der Waals surface area contributed by atoms with Crippen molar-refractivity contribution in [3.63, 3.8) is 0 Å². The van der Waals surface area contributed by atoms with E-state index in [1.807, 2.05) is 6.08 Å². The van der Waals surface area contributed by atoms with Crippen LogP contribution in [0.15, 0.2) is 29.5 Å². The van der Waals surface area contributed by atoms with E-state index in [1.54, 1.807) is 6.92 Å². The van der Waals surface area contributed by atoms with Gasteiger partial charge in [-0.1, -0.05) is 13.0 Å². The van der Waals surface area contributed by atoms with E-state index in [9.17, 15) is 5.11 Å². The van der Waals surface area contributed by atoms with Gasteiger partial charge in [-0.25, -0.2) is 0 Å². The molecule has 1 aliphatic carbocycles. The smallest absolute Gasteiger partial charge is 0.0764 e. The maximum absolute atomic E-state index is 9.31. The first-order valence-corrected chi connectivity index (χ1v) is 4.54. The van der Waals surface area contributed by atoms with Gasteiger partial charge >= 0.3 is 0 Å². The molecule has 1 N–H and O–H groups in total. The van der Waals surface area contributed by atoms with Gasteiger partial charge in [-0.05, 0) is 43.4 Å². The van der Waals surface area contributed by atoms with E-state index in [0.717, 1.165) is 18.4 Å². The Kier molecular flexibility index (Phi) is 3.33. The topological polar surface area (TPSA) is 20.2 Å². The molecular formula is C11H16O. The maximum Gasteiger partial charge on any atom is 0.0764 e. The van der Waals surface area contributed by atoms with Gasteiger partial charge in [-0.3, -0.25) is 0 Å². The summed E-state index contributed by atoms with van der Waals surface area (Å²) in [7, 11) is 0. The molecule has 1 heteroatoms. The second-order valence-electron chi connectivity index (χ2n) is 3.26. The number of aliphatic hydroxyl groups excluding tert-OH is 1. The molecule has 0 aliphatic heterocycles. The first kappa shape index (κ1) is 9.31. The number of rotatable bonds is 2. The van der Waals surface area contributed by atoms with Gasteiger partial charge in [-0.15, -0.1) is 5.73 Å². The predicted octanol–water partition coefficient (Wildman–Crippen LogP) is 2.43. The highest BCUT2D eigenvalue weighted by atomic mass is 16.3. The molecule has 0 heterocycles. The average Bonchev–Trinajstić information content (AvgIpc) is 2.28. The lowest BCUT2D eigenvalue weighted by molar-refractivity contribution is 0.235. The van der Waals surface area contributed by atoms with E-state index in [2.05, 4.69) is 24.8 Å². The Labute approximate surface area is 74.1 Å². The van der Waals surface area contributed by atoms with Crippen LogP contribution in [0, 0.1) is 5.92 Å². The van der Waals surface area contributed by atoms with Crippen LogP contribution in [-0.4, -0.2) is 11.2 Å². The Morgan fingerprint density at radius 2 is 2.50 bits per heavy atom. The maximum atomic E-state index is 9.31. The lowest BCUT2D eigenvalue weighted by atomic mass is 10.0. The zero-order valence-corrected chi connectivity index (χ0v) is 7.75. The van der Waals surface area contributed by atoms with Crippen molar-refractivity contribution in [1.82, 2.24) is 0 Å². The first-order valence-electron chi connectivity index (χ1n) is 4.54. The van der Waals surface area contributed by atoms with E-state index in [4.69, 9.17) is 0 Å². The van der Waals surface area contributed by atoms with Gasteiger partial charge in [0, 0.05) is 0 Å². The fourth-order valence-corrected chi connectivity index (χ4v) is 1.27. The summed E-state index contributed by atoms with van der Waals surface area (Å²) in [5.74, 6) is 0.595. The van der Waals surface area contributed by atoms with Crippen molar-refractivity contribution in [2.75, 3.05) is 0 Å². The highest BCUT2D eigenvalue weighted by molar-refractivity contribution is 5.24. The molecule has 0 radical (unpaired) electrons. The molecule has 0 aromatic heterocycles. The van der Waals surface area contributed by atoms with E-state index in [0.29, 0.717) is 5.92 Å². The Hall–Kier alpha value is -0.780. The monoisotopic (exact) mass is 164 g/mol. The fraction of sp³-hybridized carbons (Fsp3) is 0.545. The van der Waals surface area contributed by atoms with Gasteiger partial charge in [0.25, 0.3) is 0 Å². The molecule has 1 nitrogen and oxygen atoms in total. The van der Waals surface area contributed by atoms with Crippen LogP contribution in [0.25, 0.3) is 0 Å². The van der Waals surface area contributed by atoms with Crippen molar-refractivity contribution >= 4 is 0 Å². The Morgan fingerprint density at radius 1 is 1.75 bits per heavy atom. The van der Waals surface area contributed by atoms with Crippen molar-refractivity contribution in [1.29, 1.82) is 0 Å². The van der Waals surface area contributed by atoms with Crippen molar-refractivity contribution < 1.29 is 5.11 Å². The van der Waals surface area contributed by atoms with E-state index < -0.39 is 0 Å². The minimum Gasteiger partial charge on any atom is -0.389 e. The molecule has 66 valence electrons. The second kappa shape index (κ2) is 4.30. The Bertz CT molecular complexity index is 229.